The van der Waals surface area contributed by atoms with E-state index in [0.29, 0.717) is 17.9 Å². The third-order valence-corrected chi connectivity index (χ3v) is 3.94. The highest BCUT2D eigenvalue weighted by atomic mass is 19.1. The Morgan fingerprint density at radius 2 is 2.12 bits per heavy atom. The molecular formula is C17H18FN3O4. The quantitative estimate of drug-likeness (QED) is 0.626. The highest BCUT2D eigenvalue weighted by Crippen LogP contribution is 2.28. The Hall–Kier alpha value is -2.74. The van der Waals surface area contributed by atoms with Crippen molar-refractivity contribution in [2.75, 3.05) is 13.2 Å². The van der Waals surface area contributed by atoms with Crippen LogP contribution in [-0.2, 0) is 4.74 Å². The summed E-state index contributed by atoms with van der Waals surface area (Å²) in [7, 11) is 0. The van der Waals surface area contributed by atoms with Crippen molar-refractivity contribution < 1.29 is 23.4 Å². The van der Waals surface area contributed by atoms with E-state index < -0.39 is 5.82 Å². The summed E-state index contributed by atoms with van der Waals surface area (Å²) in [5.41, 5.74) is 0.0851. The standard InChI is InChI=1S/C17H18FN3O4/c1-11-8-24-9-12(2)21(11)17(22)15-5-13(18)3-4-16(15)25-14-6-19-10-20(23)7-14/h3-7,10-12H,8-9H2,1-2H3/t11-,12-/m1/s1. The van der Waals surface area contributed by atoms with E-state index in [2.05, 4.69) is 4.98 Å². The first-order valence-electron chi connectivity index (χ1n) is 7.87. The fourth-order valence-electron chi connectivity index (χ4n) is 2.85. The molecule has 8 heteroatoms. The molecule has 0 saturated carbocycles. The van der Waals surface area contributed by atoms with E-state index in [9.17, 15) is 14.4 Å². The minimum Gasteiger partial charge on any atom is -0.711 e. The molecule has 1 aromatic carbocycles. The van der Waals surface area contributed by atoms with Gasteiger partial charge in [0.2, 0.25) is 5.75 Å². The Bertz CT molecular complexity index is 776. The van der Waals surface area contributed by atoms with Crippen LogP contribution in [0.2, 0.25) is 0 Å². The van der Waals surface area contributed by atoms with Crippen LogP contribution in [0.5, 0.6) is 11.5 Å². The van der Waals surface area contributed by atoms with Crippen molar-refractivity contribution in [1.29, 1.82) is 0 Å². The molecule has 132 valence electrons. The zero-order chi connectivity index (χ0) is 18.0. The Balaban J connectivity index is 1.94. The van der Waals surface area contributed by atoms with Gasteiger partial charge in [0.05, 0.1) is 30.9 Å². The summed E-state index contributed by atoms with van der Waals surface area (Å²) in [4.78, 5) is 18.4. The van der Waals surface area contributed by atoms with Crippen LogP contribution in [0.25, 0.3) is 0 Å². The number of amides is 1. The van der Waals surface area contributed by atoms with E-state index in [4.69, 9.17) is 9.47 Å². The van der Waals surface area contributed by atoms with E-state index in [1.165, 1.54) is 24.5 Å². The third kappa shape index (κ3) is 3.69. The molecule has 1 aromatic heterocycles. The van der Waals surface area contributed by atoms with E-state index >= 15 is 0 Å². The minimum atomic E-state index is -0.547. The smallest absolute Gasteiger partial charge is 0.289 e. The van der Waals surface area contributed by atoms with Crippen LogP contribution in [0.4, 0.5) is 4.39 Å². The average Bonchev–Trinajstić information content (AvgIpc) is 2.56. The van der Waals surface area contributed by atoms with Gasteiger partial charge in [0, 0.05) is 0 Å². The van der Waals surface area contributed by atoms with Crippen molar-refractivity contribution in [3.05, 3.63) is 53.5 Å². The predicted octanol–water partition coefficient (Wildman–Crippen LogP) is 1.90. The molecule has 1 aliphatic rings. The Labute approximate surface area is 144 Å². The lowest BCUT2D eigenvalue weighted by molar-refractivity contribution is -0.609. The number of halogens is 1. The average molecular weight is 347 g/mol. The largest absolute Gasteiger partial charge is 0.711 e. The van der Waals surface area contributed by atoms with E-state index in [1.54, 1.807) is 4.90 Å². The van der Waals surface area contributed by atoms with Crippen LogP contribution >= 0.6 is 0 Å². The molecule has 1 saturated heterocycles. The van der Waals surface area contributed by atoms with Crippen molar-refractivity contribution in [1.82, 2.24) is 9.88 Å². The van der Waals surface area contributed by atoms with Gasteiger partial charge in [0.1, 0.15) is 17.8 Å². The monoisotopic (exact) mass is 347 g/mol. The van der Waals surface area contributed by atoms with Crippen LogP contribution in [0, 0.1) is 11.0 Å². The van der Waals surface area contributed by atoms with Gasteiger partial charge in [-0.3, -0.25) is 4.79 Å². The minimum absolute atomic E-state index is 0.0851. The highest BCUT2D eigenvalue weighted by Gasteiger charge is 2.32. The molecule has 1 aliphatic heterocycles. The number of carbonyl (C=O) groups is 1. The Morgan fingerprint density at radius 1 is 1.40 bits per heavy atom. The van der Waals surface area contributed by atoms with Gasteiger partial charge >= 0.3 is 0 Å². The van der Waals surface area contributed by atoms with Crippen LogP contribution < -0.4 is 9.47 Å². The van der Waals surface area contributed by atoms with Crippen LogP contribution in [-0.4, -0.2) is 41.1 Å². The van der Waals surface area contributed by atoms with Crippen LogP contribution in [0.1, 0.15) is 24.2 Å². The van der Waals surface area contributed by atoms with Crippen LogP contribution in [0.15, 0.2) is 36.9 Å². The number of rotatable bonds is 3. The summed E-state index contributed by atoms with van der Waals surface area (Å²) in [5.74, 6) is -0.586. The molecule has 0 bridgehead atoms. The first kappa shape index (κ1) is 17.1. The fraction of sp³-hybridized carbons (Fsp3) is 0.353. The zero-order valence-electron chi connectivity index (χ0n) is 13.9. The molecule has 0 aliphatic carbocycles. The summed E-state index contributed by atoms with van der Waals surface area (Å²) in [6.07, 6.45) is 3.58. The van der Waals surface area contributed by atoms with Gasteiger partial charge in [-0.25, -0.2) is 9.12 Å². The normalized spacial score (nSPS) is 20.4. The van der Waals surface area contributed by atoms with Gasteiger partial charge in [-0.05, 0) is 32.0 Å². The predicted molar refractivity (Wildman–Crippen MR) is 85.6 cm³/mol. The van der Waals surface area contributed by atoms with Gasteiger partial charge in [-0.1, -0.05) is 4.98 Å². The second kappa shape index (κ2) is 7.02. The molecule has 1 amide bonds. The van der Waals surface area contributed by atoms with Crippen molar-refractivity contribution in [3.63, 3.8) is 0 Å². The number of aromatic nitrogens is 2. The number of ether oxygens (including phenoxy) is 2. The Kier molecular flexibility index (Phi) is 4.80. The first-order valence-corrected chi connectivity index (χ1v) is 7.87. The van der Waals surface area contributed by atoms with Gasteiger partial charge < -0.3 is 19.6 Å². The number of hydrogen-bond donors (Lipinski definition) is 0. The molecule has 2 aromatic rings. The maximum absolute atomic E-state index is 13.8. The van der Waals surface area contributed by atoms with E-state index in [1.807, 2.05) is 13.8 Å². The third-order valence-electron chi connectivity index (χ3n) is 3.94. The topological polar surface area (TPSA) is 78.6 Å². The molecule has 0 N–H and O–H groups in total. The van der Waals surface area contributed by atoms with E-state index in [0.717, 1.165) is 12.4 Å². The summed E-state index contributed by atoms with van der Waals surface area (Å²) < 4.78 is 25.3. The van der Waals surface area contributed by atoms with Crippen molar-refractivity contribution in [2.24, 2.45) is 0 Å². The van der Waals surface area contributed by atoms with Crippen molar-refractivity contribution in [2.45, 2.75) is 25.9 Å². The molecule has 7 nitrogen and oxygen atoms in total. The molecule has 0 spiro atoms. The van der Waals surface area contributed by atoms with Crippen molar-refractivity contribution >= 4 is 5.91 Å². The molecule has 0 unspecified atom stereocenters. The van der Waals surface area contributed by atoms with Crippen LogP contribution in [0.3, 0.4) is 0 Å². The van der Waals surface area contributed by atoms with Gasteiger partial charge in [0.15, 0.2) is 6.20 Å². The summed E-state index contributed by atoms with van der Waals surface area (Å²) >= 11 is 0. The van der Waals surface area contributed by atoms with E-state index in [-0.39, 0.29) is 35.1 Å². The van der Waals surface area contributed by atoms with Gasteiger partial charge in [-0.15, -0.1) is 0 Å². The molecule has 1 fully saturated rings. The second-order valence-corrected chi connectivity index (χ2v) is 5.98. The second-order valence-electron chi connectivity index (χ2n) is 5.98. The highest BCUT2D eigenvalue weighted by molar-refractivity contribution is 5.97. The number of morpholine rings is 1. The molecule has 0 radical (unpaired) electrons. The maximum atomic E-state index is 13.8. The van der Waals surface area contributed by atoms with Gasteiger partial charge in [0.25, 0.3) is 12.2 Å². The Morgan fingerprint density at radius 3 is 2.80 bits per heavy atom. The summed E-state index contributed by atoms with van der Waals surface area (Å²) in [5, 5.41) is 11.3. The maximum Gasteiger partial charge on any atom is 0.289 e. The lowest BCUT2D eigenvalue weighted by Gasteiger charge is -2.39. The molecule has 25 heavy (non-hydrogen) atoms. The van der Waals surface area contributed by atoms with Crippen molar-refractivity contribution in [3.8, 4) is 11.5 Å². The molecule has 2 atom stereocenters. The SMILES string of the molecule is C[C@@H]1COC[C@@H](C)N1C(=O)c1cc(F)ccc1Oc1cnc[n+]([O-])c1. The lowest BCUT2D eigenvalue weighted by Crippen LogP contribution is -2.52. The lowest BCUT2D eigenvalue weighted by atomic mass is 10.1. The first-order chi connectivity index (χ1) is 12.0. The fourth-order valence-corrected chi connectivity index (χ4v) is 2.85. The zero-order valence-corrected chi connectivity index (χ0v) is 13.9. The molecule has 2 heterocycles. The molecule has 3 rings (SSSR count). The number of benzene rings is 1. The number of carbonyl (C=O) groups excluding carboxylic acids is 1. The summed E-state index contributed by atoms with van der Waals surface area (Å²) in [6, 6.07) is 3.40. The number of nitrogens with zero attached hydrogens (tertiary/aromatic N) is 3. The number of hydrogen-bond acceptors (Lipinski definition) is 5. The summed E-state index contributed by atoms with van der Waals surface area (Å²) in [6.45, 7) is 4.57. The molecular weight excluding hydrogens is 329 g/mol. The van der Waals surface area contributed by atoms with Gasteiger partial charge in [-0.2, -0.15) is 0 Å².